The Labute approximate surface area is 145 Å². The smallest absolute Gasteiger partial charge is 0.140 e. The number of hydrogen-bond acceptors (Lipinski definition) is 5. The fourth-order valence-corrected chi connectivity index (χ4v) is 4.46. The number of aromatic nitrogens is 1. The molecule has 1 saturated heterocycles. The van der Waals surface area contributed by atoms with E-state index in [1.807, 2.05) is 0 Å². The molecule has 1 aromatic rings. The second-order valence-corrected chi connectivity index (χ2v) is 7.77. The fraction of sp³-hybridized carbons (Fsp3) is 0.842. The Bertz CT molecular complexity index is 519. The number of nitrogens with one attached hydrogen (secondary N) is 1. The van der Waals surface area contributed by atoms with Gasteiger partial charge in [0.2, 0.25) is 0 Å². The molecule has 1 saturated carbocycles. The molecular formula is C19H31N3O2. The second kappa shape index (κ2) is 7.98. The average molecular weight is 333 g/mol. The number of hydrogen-bond donors (Lipinski definition) is 1. The molecule has 0 spiro atoms. The Kier molecular flexibility index (Phi) is 5.50. The SMILES string of the molecule is C1CCC(CNC2CCc3onc(CN4CCOCC4)c3C2)CC1. The van der Waals surface area contributed by atoms with Crippen LogP contribution in [0.25, 0.3) is 0 Å². The average Bonchev–Trinajstić information content (AvgIpc) is 3.04. The van der Waals surface area contributed by atoms with Crippen molar-refractivity contribution in [2.24, 2.45) is 5.92 Å². The van der Waals surface area contributed by atoms with Gasteiger partial charge in [0, 0.05) is 37.7 Å². The van der Waals surface area contributed by atoms with Crippen LogP contribution < -0.4 is 5.32 Å². The zero-order valence-electron chi connectivity index (χ0n) is 14.8. The van der Waals surface area contributed by atoms with E-state index in [-0.39, 0.29) is 0 Å². The van der Waals surface area contributed by atoms with Crippen LogP contribution in [0.1, 0.15) is 55.5 Å². The Hall–Kier alpha value is -0.910. The molecule has 4 rings (SSSR count). The molecule has 2 heterocycles. The number of rotatable bonds is 5. The molecule has 0 bridgehead atoms. The van der Waals surface area contributed by atoms with Gasteiger partial charge < -0.3 is 14.6 Å². The van der Waals surface area contributed by atoms with Crippen LogP contribution >= 0.6 is 0 Å². The standard InChI is InChI=1S/C19H31N3O2/c1-2-4-15(5-3-1)13-20-16-6-7-19-17(12-16)18(21-24-19)14-22-8-10-23-11-9-22/h15-16,20H,1-14H2. The van der Waals surface area contributed by atoms with Crippen LogP contribution in [0.15, 0.2) is 4.52 Å². The third-order valence-electron chi connectivity index (χ3n) is 6.02. The molecule has 0 aromatic carbocycles. The summed E-state index contributed by atoms with van der Waals surface area (Å²) in [5.41, 5.74) is 2.55. The van der Waals surface area contributed by atoms with Gasteiger partial charge in [-0.25, -0.2) is 0 Å². The van der Waals surface area contributed by atoms with E-state index in [1.54, 1.807) is 0 Å². The number of fused-ring (bicyclic) bond motifs is 1. The molecule has 5 heteroatoms. The van der Waals surface area contributed by atoms with Crippen LogP contribution in [0.2, 0.25) is 0 Å². The molecule has 1 N–H and O–H groups in total. The van der Waals surface area contributed by atoms with Crippen molar-refractivity contribution in [3.63, 3.8) is 0 Å². The Balaban J connectivity index is 1.32. The van der Waals surface area contributed by atoms with Crippen LogP contribution in [0, 0.1) is 5.92 Å². The van der Waals surface area contributed by atoms with Crippen LogP contribution in [0.3, 0.4) is 0 Å². The summed E-state index contributed by atoms with van der Waals surface area (Å²) in [4.78, 5) is 2.43. The van der Waals surface area contributed by atoms with Crippen molar-refractivity contribution >= 4 is 0 Å². The monoisotopic (exact) mass is 333 g/mol. The number of aryl methyl sites for hydroxylation is 1. The summed E-state index contributed by atoms with van der Waals surface area (Å²) in [6.07, 6.45) is 10.4. The maximum atomic E-state index is 5.64. The van der Waals surface area contributed by atoms with Gasteiger partial charge in [-0.15, -0.1) is 0 Å². The lowest BCUT2D eigenvalue weighted by Crippen LogP contribution is -2.39. The van der Waals surface area contributed by atoms with Crippen molar-refractivity contribution in [3.8, 4) is 0 Å². The van der Waals surface area contributed by atoms with E-state index < -0.39 is 0 Å². The third-order valence-corrected chi connectivity index (χ3v) is 6.02. The first-order valence-electron chi connectivity index (χ1n) is 9.88. The Morgan fingerprint density at radius 3 is 2.75 bits per heavy atom. The van der Waals surface area contributed by atoms with Crippen LogP contribution in [-0.2, 0) is 24.1 Å². The molecular weight excluding hydrogens is 302 g/mol. The normalized spacial score (nSPS) is 26.4. The van der Waals surface area contributed by atoms with Crippen LogP contribution in [-0.4, -0.2) is 48.9 Å². The highest BCUT2D eigenvalue weighted by molar-refractivity contribution is 5.27. The molecule has 3 aliphatic rings. The van der Waals surface area contributed by atoms with Gasteiger partial charge in [0.05, 0.1) is 13.2 Å². The van der Waals surface area contributed by atoms with Gasteiger partial charge in [0.25, 0.3) is 0 Å². The van der Waals surface area contributed by atoms with Crippen molar-refractivity contribution < 1.29 is 9.26 Å². The second-order valence-electron chi connectivity index (χ2n) is 7.77. The zero-order valence-corrected chi connectivity index (χ0v) is 14.8. The third kappa shape index (κ3) is 4.01. The predicted octanol–water partition coefficient (Wildman–Crippen LogP) is 2.53. The van der Waals surface area contributed by atoms with Gasteiger partial charge in [-0.3, -0.25) is 4.90 Å². The van der Waals surface area contributed by atoms with E-state index >= 15 is 0 Å². The first-order chi connectivity index (χ1) is 11.9. The van der Waals surface area contributed by atoms with E-state index in [4.69, 9.17) is 9.26 Å². The highest BCUT2D eigenvalue weighted by Gasteiger charge is 2.27. The summed E-state index contributed by atoms with van der Waals surface area (Å²) >= 11 is 0. The molecule has 5 nitrogen and oxygen atoms in total. The predicted molar refractivity (Wildman–Crippen MR) is 93.0 cm³/mol. The van der Waals surface area contributed by atoms with Gasteiger partial charge in [-0.1, -0.05) is 24.4 Å². The maximum Gasteiger partial charge on any atom is 0.140 e. The van der Waals surface area contributed by atoms with Gasteiger partial charge in [0.1, 0.15) is 11.5 Å². The molecule has 0 amide bonds. The first-order valence-corrected chi connectivity index (χ1v) is 9.88. The van der Waals surface area contributed by atoms with Gasteiger partial charge in [0.15, 0.2) is 0 Å². The Morgan fingerprint density at radius 2 is 1.92 bits per heavy atom. The van der Waals surface area contributed by atoms with Gasteiger partial charge in [-0.05, 0) is 38.1 Å². The highest BCUT2D eigenvalue weighted by atomic mass is 16.5. The van der Waals surface area contributed by atoms with Crippen molar-refractivity contribution in [3.05, 3.63) is 17.0 Å². The molecule has 2 aliphatic carbocycles. The molecule has 24 heavy (non-hydrogen) atoms. The lowest BCUT2D eigenvalue weighted by Gasteiger charge is -2.28. The molecule has 134 valence electrons. The zero-order chi connectivity index (χ0) is 16.2. The topological polar surface area (TPSA) is 50.5 Å². The minimum absolute atomic E-state index is 0.599. The number of ether oxygens (including phenoxy) is 1. The van der Waals surface area contributed by atoms with E-state index in [9.17, 15) is 0 Å². The van der Waals surface area contributed by atoms with E-state index in [2.05, 4.69) is 15.4 Å². The Morgan fingerprint density at radius 1 is 1.08 bits per heavy atom. The quantitative estimate of drug-likeness (QED) is 0.897. The minimum Gasteiger partial charge on any atom is -0.379 e. The summed E-state index contributed by atoms with van der Waals surface area (Å²) in [5.74, 6) is 2.03. The molecule has 2 fully saturated rings. The van der Waals surface area contributed by atoms with Crippen LogP contribution in [0.5, 0.6) is 0 Å². The fourth-order valence-electron chi connectivity index (χ4n) is 4.46. The van der Waals surface area contributed by atoms with Crippen molar-refractivity contribution in [2.45, 2.75) is 64.0 Å². The van der Waals surface area contributed by atoms with E-state index in [1.165, 1.54) is 50.6 Å². The summed E-state index contributed by atoms with van der Waals surface area (Å²) < 4.78 is 11.1. The highest BCUT2D eigenvalue weighted by Crippen LogP contribution is 2.27. The van der Waals surface area contributed by atoms with Crippen molar-refractivity contribution in [2.75, 3.05) is 32.8 Å². The molecule has 1 atom stereocenters. The summed E-state index contributed by atoms with van der Waals surface area (Å²) in [5, 5.41) is 8.24. The van der Waals surface area contributed by atoms with Crippen molar-refractivity contribution in [1.29, 1.82) is 0 Å². The first kappa shape index (κ1) is 16.6. The van der Waals surface area contributed by atoms with Gasteiger partial charge in [-0.2, -0.15) is 0 Å². The van der Waals surface area contributed by atoms with Crippen LogP contribution in [0.4, 0.5) is 0 Å². The maximum absolute atomic E-state index is 5.64. The summed E-state index contributed by atoms with van der Waals surface area (Å²) in [6.45, 7) is 5.80. The number of nitrogens with zero attached hydrogens (tertiary/aromatic N) is 2. The van der Waals surface area contributed by atoms with E-state index in [0.29, 0.717) is 6.04 Å². The molecule has 1 aliphatic heterocycles. The lowest BCUT2D eigenvalue weighted by atomic mass is 9.88. The number of morpholine rings is 1. The molecule has 1 unspecified atom stereocenters. The van der Waals surface area contributed by atoms with Gasteiger partial charge >= 0.3 is 0 Å². The van der Waals surface area contributed by atoms with E-state index in [0.717, 1.165) is 63.1 Å². The van der Waals surface area contributed by atoms with Crippen molar-refractivity contribution in [1.82, 2.24) is 15.4 Å². The minimum atomic E-state index is 0.599. The lowest BCUT2D eigenvalue weighted by molar-refractivity contribution is 0.0331. The summed E-state index contributed by atoms with van der Waals surface area (Å²) in [6, 6.07) is 0.599. The largest absolute Gasteiger partial charge is 0.379 e. The molecule has 0 radical (unpaired) electrons. The molecule has 1 aromatic heterocycles. The summed E-state index contributed by atoms with van der Waals surface area (Å²) in [7, 11) is 0.